The Hall–Kier alpha value is -4.23. The number of hydrogen-bond donors (Lipinski definition) is 1. The van der Waals surface area contributed by atoms with Gasteiger partial charge in [-0.2, -0.15) is 0 Å². The molecule has 1 aromatic carbocycles. The van der Waals surface area contributed by atoms with Gasteiger partial charge in [-0.1, -0.05) is 17.7 Å². The fourth-order valence-electron chi connectivity index (χ4n) is 6.20. The Morgan fingerprint density at radius 1 is 1.15 bits per heavy atom. The summed E-state index contributed by atoms with van der Waals surface area (Å²) in [7, 11) is 3.18. The first-order valence-corrected chi connectivity index (χ1v) is 16.5. The Balaban J connectivity index is 1.29. The number of likely N-dealkylation sites (tertiary alicyclic amines) is 1. The fraction of sp³-hybridized carbons (Fsp3) is 0.559. The number of likely N-dealkylation sites (N-methyl/N-ethyl adjacent to an activating group) is 2. The molecule has 0 radical (unpaired) electrons. The van der Waals surface area contributed by atoms with Crippen molar-refractivity contribution in [1.29, 1.82) is 0 Å². The molecule has 47 heavy (non-hydrogen) atoms. The number of piperidine rings is 1. The first kappa shape index (κ1) is 35.6. The molecule has 2 amide bonds. The third-order valence-corrected chi connectivity index (χ3v) is 9.30. The number of nitrogens with one attached hydrogen (secondary N) is 1. The molecule has 4 rings (SSSR count). The highest BCUT2D eigenvalue weighted by Gasteiger charge is 2.29. The Bertz CT molecular complexity index is 1370. The van der Waals surface area contributed by atoms with Crippen molar-refractivity contribution in [3.63, 3.8) is 0 Å². The summed E-state index contributed by atoms with van der Waals surface area (Å²) < 4.78 is 0. The van der Waals surface area contributed by atoms with E-state index in [0.717, 1.165) is 102 Å². The van der Waals surface area contributed by atoms with Gasteiger partial charge in [0.1, 0.15) is 24.7 Å². The Labute approximate surface area is 277 Å². The van der Waals surface area contributed by atoms with Crippen LogP contribution in [0.4, 0.5) is 5.69 Å². The second-order valence-electron chi connectivity index (χ2n) is 12.5. The van der Waals surface area contributed by atoms with E-state index in [1.165, 1.54) is 16.7 Å². The average molecular weight is 649 g/mol. The predicted octanol–water partition coefficient (Wildman–Crippen LogP) is 3.10. The first-order chi connectivity index (χ1) is 22.7. The molecule has 1 atom stereocenters. The summed E-state index contributed by atoms with van der Waals surface area (Å²) in [5.41, 5.74) is 3.58. The zero-order valence-corrected chi connectivity index (χ0v) is 27.7. The lowest BCUT2D eigenvalue weighted by atomic mass is 9.93. The van der Waals surface area contributed by atoms with E-state index >= 15 is 0 Å². The number of rotatable bonds is 16. The lowest BCUT2D eigenvalue weighted by Gasteiger charge is -2.38. The molecule has 1 unspecified atom stereocenters. The van der Waals surface area contributed by atoms with Crippen LogP contribution in [0.3, 0.4) is 0 Å². The third-order valence-electron chi connectivity index (χ3n) is 9.30. The second-order valence-corrected chi connectivity index (χ2v) is 12.5. The standard InChI is InChI=1S/C34H48N8O5/c1-35-23-30(42(46)47)24-37-25-40-14-11-26(12-15-40)10-13-39-16-18-41(19-17-39)29-9-8-28(21-27-6-7-27)31(22-29)34(45)38(3)32(5-4-20-43)33(44)36-2/h8-9,20-24,26,32H,1,4-7,10-19,25H2,2-3H3,(H,36,44)/b30-23+,37-24-. The van der Waals surface area contributed by atoms with Crippen molar-refractivity contribution in [2.75, 3.05) is 71.5 Å². The summed E-state index contributed by atoms with van der Waals surface area (Å²) >= 11 is 0. The van der Waals surface area contributed by atoms with Crippen molar-refractivity contribution in [2.45, 2.75) is 51.0 Å². The van der Waals surface area contributed by atoms with E-state index in [9.17, 15) is 24.5 Å². The monoisotopic (exact) mass is 648 g/mol. The summed E-state index contributed by atoms with van der Waals surface area (Å²) in [6, 6.07) is 5.35. The summed E-state index contributed by atoms with van der Waals surface area (Å²) in [6.45, 7) is 10.2. The number of hydrogen-bond acceptors (Lipinski definition) is 10. The SMILES string of the molecule is C=N/C=C(\C=N/CN1CCC(CCN2CCN(c3ccc(C=C4CC4)c(C(=O)N(C)C(CCC=O)C(=O)NC)c3)CC2)CC1)[N+](=O)[O-]. The Morgan fingerprint density at radius 2 is 1.87 bits per heavy atom. The maximum Gasteiger partial charge on any atom is 0.305 e. The van der Waals surface area contributed by atoms with Crippen molar-refractivity contribution in [2.24, 2.45) is 15.9 Å². The van der Waals surface area contributed by atoms with Gasteiger partial charge in [0.15, 0.2) is 0 Å². The molecule has 0 bridgehead atoms. The molecule has 1 aliphatic carbocycles. The van der Waals surface area contributed by atoms with Crippen LogP contribution in [-0.4, -0.2) is 123 Å². The zero-order valence-electron chi connectivity index (χ0n) is 27.7. The van der Waals surface area contributed by atoms with Crippen molar-refractivity contribution < 1.29 is 19.3 Å². The quantitative estimate of drug-likeness (QED) is 0.125. The molecule has 0 spiro atoms. The summed E-state index contributed by atoms with van der Waals surface area (Å²) in [5.74, 6) is 0.144. The maximum atomic E-state index is 13.8. The molecule has 3 fully saturated rings. The lowest BCUT2D eigenvalue weighted by molar-refractivity contribution is -0.414. The van der Waals surface area contributed by atoms with E-state index in [2.05, 4.69) is 48.9 Å². The third kappa shape index (κ3) is 10.4. The zero-order chi connectivity index (χ0) is 33.8. The lowest BCUT2D eigenvalue weighted by Crippen LogP contribution is -2.47. The van der Waals surface area contributed by atoms with Crippen LogP contribution in [0.1, 0.15) is 60.9 Å². The van der Waals surface area contributed by atoms with Crippen LogP contribution in [0.2, 0.25) is 0 Å². The van der Waals surface area contributed by atoms with E-state index in [1.54, 1.807) is 14.1 Å². The van der Waals surface area contributed by atoms with Gasteiger partial charge >= 0.3 is 5.70 Å². The number of carbonyl (C=O) groups excluding carboxylic acids is 3. The van der Waals surface area contributed by atoms with Gasteiger partial charge in [-0.25, -0.2) is 0 Å². The van der Waals surface area contributed by atoms with Gasteiger partial charge in [-0.15, -0.1) is 0 Å². The van der Waals surface area contributed by atoms with E-state index < -0.39 is 11.0 Å². The van der Waals surface area contributed by atoms with Crippen LogP contribution < -0.4 is 10.2 Å². The molecule has 2 saturated heterocycles. The molecule has 254 valence electrons. The molecule has 1 aromatic rings. The van der Waals surface area contributed by atoms with Crippen LogP contribution in [0.5, 0.6) is 0 Å². The first-order valence-electron chi connectivity index (χ1n) is 16.5. The minimum atomic E-state index is -0.723. The van der Waals surface area contributed by atoms with Crippen LogP contribution in [0.25, 0.3) is 6.08 Å². The second kappa shape index (κ2) is 17.6. The van der Waals surface area contributed by atoms with E-state index in [4.69, 9.17) is 0 Å². The number of nitro groups is 1. The van der Waals surface area contributed by atoms with Crippen LogP contribution in [-0.2, 0) is 9.59 Å². The molecule has 2 heterocycles. The maximum absolute atomic E-state index is 13.8. The predicted molar refractivity (Wildman–Crippen MR) is 184 cm³/mol. The number of piperazine rings is 1. The molecule has 13 nitrogen and oxygen atoms in total. The summed E-state index contributed by atoms with van der Waals surface area (Å²) in [5, 5.41) is 13.6. The highest BCUT2D eigenvalue weighted by molar-refractivity contribution is 6.01. The molecule has 13 heteroatoms. The van der Waals surface area contributed by atoms with Crippen LogP contribution in [0, 0.1) is 16.0 Å². The Kier molecular flexibility index (Phi) is 13.4. The minimum Gasteiger partial charge on any atom is -0.369 e. The summed E-state index contributed by atoms with van der Waals surface area (Å²) in [6.07, 6.45) is 11.1. The number of nitrogens with zero attached hydrogens (tertiary/aromatic N) is 7. The van der Waals surface area contributed by atoms with Gasteiger partial charge in [-0.3, -0.25) is 39.5 Å². The topological polar surface area (TPSA) is 144 Å². The molecular formula is C34H48N8O5. The molecular weight excluding hydrogens is 600 g/mol. The molecule has 2 aliphatic heterocycles. The van der Waals surface area contributed by atoms with Crippen LogP contribution in [0.15, 0.2) is 45.7 Å². The fourth-order valence-corrected chi connectivity index (χ4v) is 6.20. The smallest absolute Gasteiger partial charge is 0.305 e. The molecule has 3 aliphatic rings. The van der Waals surface area contributed by atoms with Gasteiger partial charge in [0.2, 0.25) is 5.91 Å². The normalized spacial score (nSPS) is 18.6. The number of amides is 2. The average Bonchev–Trinajstić information content (AvgIpc) is 3.91. The number of benzene rings is 1. The van der Waals surface area contributed by atoms with Crippen molar-refractivity contribution in [3.05, 3.63) is 56.9 Å². The molecule has 0 aromatic heterocycles. The van der Waals surface area contributed by atoms with Gasteiger partial charge in [0.05, 0.1) is 11.6 Å². The minimum absolute atomic E-state index is 0.168. The largest absolute Gasteiger partial charge is 0.369 e. The van der Waals surface area contributed by atoms with Gasteiger partial charge < -0.3 is 19.9 Å². The van der Waals surface area contributed by atoms with Gasteiger partial charge in [-0.05, 0) is 75.4 Å². The van der Waals surface area contributed by atoms with E-state index in [-0.39, 0.29) is 30.4 Å². The van der Waals surface area contributed by atoms with E-state index in [1.807, 2.05) is 12.1 Å². The number of anilines is 1. The van der Waals surface area contributed by atoms with E-state index in [0.29, 0.717) is 18.2 Å². The van der Waals surface area contributed by atoms with Gasteiger partial charge in [0.25, 0.3) is 5.91 Å². The summed E-state index contributed by atoms with van der Waals surface area (Å²) in [4.78, 5) is 64.2. The number of aldehydes is 1. The highest BCUT2D eigenvalue weighted by atomic mass is 16.6. The Morgan fingerprint density at radius 3 is 2.49 bits per heavy atom. The van der Waals surface area contributed by atoms with Crippen molar-refractivity contribution >= 4 is 42.8 Å². The molecule has 1 saturated carbocycles. The number of allylic oxidation sites excluding steroid dienone is 2. The highest BCUT2D eigenvalue weighted by Crippen LogP contribution is 2.33. The number of aliphatic imine (C=N–C) groups is 2. The van der Waals surface area contributed by atoms with Crippen LogP contribution >= 0.6 is 0 Å². The van der Waals surface area contributed by atoms with Gasteiger partial charge in [0, 0.05) is 71.0 Å². The van der Waals surface area contributed by atoms with Crippen molar-refractivity contribution in [1.82, 2.24) is 20.0 Å². The number of carbonyl (C=O) groups is 3. The molecule has 1 N–H and O–H groups in total. The van der Waals surface area contributed by atoms with Crippen molar-refractivity contribution in [3.8, 4) is 0 Å².